The largest absolute Gasteiger partial charge is 0.481 e. The molecule has 1 atom stereocenters. The number of piperidine rings is 1. The summed E-state index contributed by atoms with van der Waals surface area (Å²) in [5, 5.41) is 9.32. The number of benzene rings is 2. The summed E-state index contributed by atoms with van der Waals surface area (Å²) in [6, 6.07) is 15.5. The quantitative estimate of drug-likeness (QED) is 0.620. The maximum absolute atomic E-state index is 11.3. The van der Waals surface area contributed by atoms with E-state index >= 15 is 0 Å². The number of carbonyl (C=O) groups is 1. The van der Waals surface area contributed by atoms with Crippen molar-refractivity contribution < 1.29 is 9.90 Å². The highest BCUT2D eigenvalue weighted by Gasteiger charge is 2.25. The van der Waals surface area contributed by atoms with Crippen LogP contribution in [0.1, 0.15) is 41.5 Å². The van der Waals surface area contributed by atoms with Crippen molar-refractivity contribution in [1.29, 1.82) is 0 Å². The predicted octanol–water partition coefficient (Wildman–Crippen LogP) is 5.01. The topological polar surface area (TPSA) is 40.5 Å². The average molecular weight is 485 g/mol. The molecular formula is C24H26INO2. The Balaban J connectivity index is 1.58. The molecule has 3 nitrogen and oxygen atoms in total. The van der Waals surface area contributed by atoms with E-state index in [-0.39, 0.29) is 5.92 Å². The lowest BCUT2D eigenvalue weighted by molar-refractivity contribution is -0.143. The van der Waals surface area contributed by atoms with Crippen molar-refractivity contribution in [1.82, 2.24) is 4.90 Å². The Morgan fingerprint density at radius 1 is 1.14 bits per heavy atom. The van der Waals surface area contributed by atoms with Crippen LogP contribution in [0.4, 0.5) is 0 Å². The Morgan fingerprint density at radius 2 is 1.93 bits per heavy atom. The van der Waals surface area contributed by atoms with Gasteiger partial charge in [0.1, 0.15) is 0 Å². The van der Waals surface area contributed by atoms with Crippen molar-refractivity contribution >= 4 is 34.1 Å². The second kappa shape index (κ2) is 8.78. The number of nitrogens with zero attached hydrogens (tertiary/aromatic N) is 1. The molecule has 0 bridgehead atoms. The Kier molecular flexibility index (Phi) is 6.16. The number of hydrogen-bond donors (Lipinski definition) is 1. The number of aryl methyl sites for hydroxylation is 2. The molecule has 0 spiro atoms. The van der Waals surface area contributed by atoms with Gasteiger partial charge in [-0.1, -0.05) is 36.4 Å². The molecule has 28 heavy (non-hydrogen) atoms. The zero-order valence-corrected chi connectivity index (χ0v) is 18.2. The second-order valence-electron chi connectivity index (χ2n) is 7.84. The molecule has 0 saturated carbocycles. The molecule has 2 aromatic carbocycles. The van der Waals surface area contributed by atoms with E-state index in [1.54, 1.807) is 0 Å². The van der Waals surface area contributed by atoms with E-state index < -0.39 is 5.97 Å². The number of halogens is 1. The first-order valence-electron chi connectivity index (χ1n) is 10.1. The van der Waals surface area contributed by atoms with Gasteiger partial charge in [0, 0.05) is 16.7 Å². The summed E-state index contributed by atoms with van der Waals surface area (Å²) in [6.07, 6.45) is 7.27. The van der Waals surface area contributed by atoms with Crippen LogP contribution in [0.2, 0.25) is 0 Å². The summed E-state index contributed by atoms with van der Waals surface area (Å²) in [7, 11) is 0. The Morgan fingerprint density at radius 3 is 2.79 bits per heavy atom. The van der Waals surface area contributed by atoms with E-state index in [1.165, 1.54) is 31.4 Å². The molecular weight excluding hydrogens is 459 g/mol. The zero-order chi connectivity index (χ0) is 19.5. The first-order valence-corrected chi connectivity index (χ1v) is 11.2. The van der Waals surface area contributed by atoms with Gasteiger partial charge >= 0.3 is 5.97 Å². The van der Waals surface area contributed by atoms with Crippen LogP contribution in [0.15, 0.2) is 48.5 Å². The summed E-state index contributed by atoms with van der Waals surface area (Å²) in [5.41, 5.74) is 6.89. The van der Waals surface area contributed by atoms with Gasteiger partial charge < -0.3 is 10.0 Å². The number of likely N-dealkylation sites (tertiary alicyclic amines) is 1. The molecule has 4 heteroatoms. The Bertz CT molecular complexity index is 905. The van der Waals surface area contributed by atoms with Gasteiger partial charge in [0.2, 0.25) is 0 Å². The standard InChI is InChI=1S/C24H26INO2/c25-20-11-12-22-18(15-20)10-9-17-5-1-2-7-21(17)23(22)8-4-14-26-13-3-6-19(16-26)24(27)28/h1-2,5,7-8,11-12,15,19H,3-4,6,9-10,13-14,16H2,(H,27,28)/b23-8-/i25-2. The van der Waals surface area contributed by atoms with Gasteiger partial charge in [0.25, 0.3) is 0 Å². The van der Waals surface area contributed by atoms with E-state index in [0.29, 0.717) is 6.54 Å². The van der Waals surface area contributed by atoms with E-state index in [1.807, 2.05) is 0 Å². The molecule has 1 unspecified atom stereocenters. The Labute approximate surface area is 180 Å². The first kappa shape index (κ1) is 19.6. The molecule has 0 radical (unpaired) electrons. The maximum Gasteiger partial charge on any atom is 0.307 e. The number of carboxylic acids is 1. The van der Waals surface area contributed by atoms with Gasteiger partial charge in [-0.05, 0) is 101 Å². The fraction of sp³-hybridized carbons (Fsp3) is 0.375. The van der Waals surface area contributed by atoms with Crippen molar-refractivity contribution in [3.63, 3.8) is 0 Å². The van der Waals surface area contributed by atoms with Gasteiger partial charge in [-0.25, -0.2) is 0 Å². The molecule has 146 valence electrons. The monoisotopic (exact) mass is 485 g/mol. The van der Waals surface area contributed by atoms with Crippen molar-refractivity contribution in [2.45, 2.75) is 32.1 Å². The number of aliphatic carboxylic acids is 1. The van der Waals surface area contributed by atoms with E-state index in [0.717, 1.165) is 45.2 Å². The number of fused-ring (bicyclic) bond motifs is 2. The first-order chi connectivity index (χ1) is 13.6. The molecule has 1 N–H and O–H groups in total. The number of rotatable bonds is 4. The minimum atomic E-state index is -0.649. The maximum atomic E-state index is 11.3. The zero-order valence-electron chi connectivity index (χ0n) is 16.0. The van der Waals surface area contributed by atoms with Crippen molar-refractivity contribution in [2.24, 2.45) is 5.92 Å². The van der Waals surface area contributed by atoms with Crippen LogP contribution < -0.4 is 0 Å². The molecule has 1 heterocycles. The van der Waals surface area contributed by atoms with Crippen molar-refractivity contribution in [2.75, 3.05) is 19.6 Å². The molecule has 2 aliphatic rings. The van der Waals surface area contributed by atoms with Gasteiger partial charge in [-0.3, -0.25) is 4.79 Å². The van der Waals surface area contributed by atoms with Gasteiger partial charge in [0.05, 0.1) is 5.92 Å². The summed E-state index contributed by atoms with van der Waals surface area (Å²) in [6.45, 7) is 2.62. The molecule has 0 aromatic heterocycles. The molecule has 0 amide bonds. The molecule has 1 aliphatic carbocycles. The van der Waals surface area contributed by atoms with Gasteiger partial charge in [-0.2, -0.15) is 0 Å². The number of hydrogen-bond acceptors (Lipinski definition) is 2. The summed E-state index contributed by atoms with van der Waals surface area (Å²) in [5.74, 6) is -0.855. The minimum Gasteiger partial charge on any atom is -0.481 e. The second-order valence-corrected chi connectivity index (χ2v) is 9.09. The van der Waals surface area contributed by atoms with Crippen LogP contribution >= 0.6 is 22.6 Å². The van der Waals surface area contributed by atoms with Crippen LogP contribution in [-0.2, 0) is 17.6 Å². The highest BCUT2D eigenvalue weighted by atomic mass is 125. The SMILES string of the molecule is O=C(O)C1CCCN(CC/C=C2/c3ccccc3CCc3cc([125I])ccc32)C1. The van der Waals surface area contributed by atoms with Crippen LogP contribution in [0.5, 0.6) is 0 Å². The molecule has 1 saturated heterocycles. The third kappa shape index (κ3) is 4.33. The van der Waals surface area contributed by atoms with Crippen LogP contribution in [-0.4, -0.2) is 35.6 Å². The van der Waals surface area contributed by atoms with Crippen LogP contribution in [0, 0.1) is 9.49 Å². The fourth-order valence-corrected chi connectivity index (χ4v) is 5.07. The van der Waals surface area contributed by atoms with E-state index in [2.05, 4.69) is 76.0 Å². The van der Waals surface area contributed by atoms with Crippen LogP contribution in [0.25, 0.3) is 5.57 Å². The lowest BCUT2D eigenvalue weighted by Gasteiger charge is -2.30. The lowest BCUT2D eigenvalue weighted by Crippen LogP contribution is -2.39. The summed E-state index contributed by atoms with van der Waals surface area (Å²) >= 11 is 2.40. The Hall–Kier alpha value is -1.66. The molecule has 1 fully saturated rings. The van der Waals surface area contributed by atoms with Crippen LogP contribution in [0.3, 0.4) is 0 Å². The summed E-state index contributed by atoms with van der Waals surface area (Å²) in [4.78, 5) is 13.6. The van der Waals surface area contributed by atoms with Gasteiger partial charge in [-0.15, -0.1) is 0 Å². The molecule has 2 aromatic rings. The fourth-order valence-electron chi connectivity index (χ4n) is 4.52. The molecule has 1 aliphatic heterocycles. The third-order valence-corrected chi connectivity index (χ3v) is 6.65. The predicted molar refractivity (Wildman–Crippen MR) is 122 cm³/mol. The third-order valence-electron chi connectivity index (χ3n) is 5.98. The smallest absolute Gasteiger partial charge is 0.307 e. The van der Waals surface area contributed by atoms with Crippen molar-refractivity contribution in [3.05, 3.63) is 74.4 Å². The van der Waals surface area contributed by atoms with Crippen molar-refractivity contribution in [3.8, 4) is 0 Å². The van der Waals surface area contributed by atoms with E-state index in [4.69, 9.17) is 0 Å². The molecule has 4 rings (SSSR count). The normalized spacial score (nSPS) is 21.0. The van der Waals surface area contributed by atoms with E-state index in [9.17, 15) is 9.90 Å². The lowest BCUT2D eigenvalue weighted by atomic mass is 9.93. The highest BCUT2D eigenvalue weighted by Crippen LogP contribution is 2.34. The highest BCUT2D eigenvalue weighted by molar-refractivity contribution is 14.1. The average Bonchev–Trinajstić information content (AvgIpc) is 2.85. The summed E-state index contributed by atoms with van der Waals surface area (Å²) < 4.78 is 1.29. The van der Waals surface area contributed by atoms with Gasteiger partial charge in [0.15, 0.2) is 0 Å². The minimum absolute atomic E-state index is 0.206. The number of carboxylic acid groups (broad SMARTS) is 1.